The molecule has 4 rings (SSSR count). The van der Waals surface area contributed by atoms with Crippen LogP contribution in [0.15, 0.2) is 27.8 Å². The number of fused-ring (bicyclic) bond motifs is 1. The Hall–Kier alpha value is -2.73. The maximum absolute atomic E-state index is 16.3. The molecule has 1 N–H and O–H groups in total. The van der Waals surface area contributed by atoms with Gasteiger partial charge in [0.1, 0.15) is 11.6 Å². The molecule has 0 amide bonds. The zero-order valence-corrected chi connectivity index (χ0v) is 20.0. The zero-order valence-electron chi connectivity index (χ0n) is 19.3. The van der Waals surface area contributed by atoms with Gasteiger partial charge in [-0.2, -0.15) is 13.2 Å². The first-order valence-electron chi connectivity index (χ1n) is 11.4. The van der Waals surface area contributed by atoms with Gasteiger partial charge in [0.05, 0.1) is 10.9 Å². The first-order valence-corrected chi connectivity index (χ1v) is 11.8. The van der Waals surface area contributed by atoms with Crippen molar-refractivity contribution < 1.29 is 27.1 Å². The van der Waals surface area contributed by atoms with Crippen LogP contribution in [0.5, 0.6) is 0 Å². The highest BCUT2D eigenvalue weighted by Crippen LogP contribution is 2.47. The normalized spacial score (nSPS) is 20.8. The molecule has 3 aromatic rings. The number of rotatable bonds is 6. The fourth-order valence-electron chi connectivity index (χ4n) is 4.74. The lowest BCUT2D eigenvalue weighted by Gasteiger charge is -2.34. The molecule has 1 aliphatic carbocycles. The van der Waals surface area contributed by atoms with Crippen LogP contribution in [0.25, 0.3) is 11.2 Å². The van der Waals surface area contributed by atoms with E-state index in [2.05, 4.69) is 4.98 Å². The number of halogens is 6. The second kappa shape index (κ2) is 9.62. The number of imidazole rings is 1. The van der Waals surface area contributed by atoms with E-state index in [1.165, 1.54) is 23.7 Å². The van der Waals surface area contributed by atoms with E-state index in [4.69, 9.17) is 16.7 Å². The second-order valence-electron chi connectivity index (χ2n) is 9.10. The Kier molecular flexibility index (Phi) is 7.04. The van der Waals surface area contributed by atoms with Gasteiger partial charge in [0.2, 0.25) is 0 Å². The number of hydrogen-bond donors (Lipinski definition) is 1. The van der Waals surface area contributed by atoms with E-state index in [1.54, 1.807) is 0 Å². The van der Waals surface area contributed by atoms with Crippen molar-refractivity contribution in [2.24, 2.45) is 13.0 Å². The minimum absolute atomic E-state index is 0.102. The van der Waals surface area contributed by atoms with Crippen LogP contribution in [-0.4, -0.2) is 36.6 Å². The van der Waals surface area contributed by atoms with Gasteiger partial charge in [-0.25, -0.2) is 18.6 Å². The van der Waals surface area contributed by atoms with Crippen molar-refractivity contribution in [3.63, 3.8) is 0 Å². The van der Waals surface area contributed by atoms with Gasteiger partial charge in [-0.15, -0.1) is 0 Å². The Morgan fingerprint density at radius 1 is 1.19 bits per heavy atom. The predicted molar refractivity (Wildman–Crippen MR) is 122 cm³/mol. The van der Waals surface area contributed by atoms with E-state index in [1.807, 2.05) is 0 Å². The summed E-state index contributed by atoms with van der Waals surface area (Å²) in [5, 5.41) is 8.96. The first-order chi connectivity index (χ1) is 16.9. The van der Waals surface area contributed by atoms with Gasteiger partial charge in [-0.3, -0.25) is 13.9 Å². The molecule has 0 bridgehead atoms. The molecule has 13 heteroatoms. The average molecular weight is 535 g/mol. The number of aryl methyl sites for hydroxylation is 1. The van der Waals surface area contributed by atoms with Crippen molar-refractivity contribution in [2.45, 2.75) is 57.0 Å². The number of hydrogen-bond acceptors (Lipinski definition) is 4. The molecule has 0 radical (unpaired) electrons. The Labute approximate surface area is 206 Å². The van der Waals surface area contributed by atoms with Crippen LogP contribution in [0.3, 0.4) is 0 Å². The van der Waals surface area contributed by atoms with Gasteiger partial charge in [0.25, 0.3) is 5.56 Å². The van der Waals surface area contributed by atoms with Gasteiger partial charge < -0.3 is 9.67 Å². The van der Waals surface area contributed by atoms with Gasteiger partial charge in [-0.05, 0) is 49.8 Å². The van der Waals surface area contributed by atoms with Crippen molar-refractivity contribution in [1.29, 1.82) is 0 Å². The molecule has 0 atom stereocenters. The third kappa shape index (κ3) is 4.68. The van der Waals surface area contributed by atoms with Crippen molar-refractivity contribution in [3.8, 4) is 0 Å². The standard InChI is InChI=1S/C23H24ClF5N4O3/c1-31-18-17(19(35)32(21(31)36)9-2-10-34)33(12-13-3-4-16(25)15(24)11-13)20(30-18)22(26)7-5-14(6-8-22)23(27,28)29/h3-4,11,14,34H,2,5-10,12H2,1H3. The molecule has 0 aliphatic heterocycles. The predicted octanol–water partition coefficient (Wildman–Crippen LogP) is 4.04. The maximum atomic E-state index is 16.3. The summed E-state index contributed by atoms with van der Waals surface area (Å²) in [5.41, 5.74) is -3.64. The van der Waals surface area contributed by atoms with Crippen LogP contribution in [0.4, 0.5) is 22.0 Å². The molecule has 1 fully saturated rings. The highest BCUT2D eigenvalue weighted by atomic mass is 35.5. The lowest BCUT2D eigenvalue weighted by atomic mass is 9.79. The molecule has 196 valence electrons. The summed E-state index contributed by atoms with van der Waals surface area (Å²) in [6, 6.07) is 3.78. The first kappa shape index (κ1) is 26.3. The Morgan fingerprint density at radius 2 is 1.86 bits per heavy atom. The van der Waals surface area contributed by atoms with E-state index in [9.17, 15) is 27.2 Å². The van der Waals surface area contributed by atoms with Gasteiger partial charge in [0.15, 0.2) is 16.8 Å². The highest BCUT2D eigenvalue weighted by Gasteiger charge is 2.49. The summed E-state index contributed by atoms with van der Waals surface area (Å²) in [4.78, 5) is 30.4. The molecule has 1 aromatic carbocycles. The zero-order chi connectivity index (χ0) is 26.4. The molecule has 0 spiro atoms. The fourth-order valence-corrected chi connectivity index (χ4v) is 4.94. The number of benzene rings is 1. The van der Waals surface area contributed by atoms with Crippen LogP contribution in [0.1, 0.15) is 43.5 Å². The van der Waals surface area contributed by atoms with Gasteiger partial charge >= 0.3 is 11.9 Å². The largest absolute Gasteiger partial charge is 0.396 e. The number of aliphatic hydroxyl groups excluding tert-OH is 1. The molecule has 1 aliphatic rings. The lowest BCUT2D eigenvalue weighted by molar-refractivity contribution is -0.189. The number of nitrogens with zero attached hydrogens (tertiary/aromatic N) is 4. The van der Waals surface area contributed by atoms with Crippen molar-refractivity contribution in [2.75, 3.05) is 6.61 Å². The quantitative estimate of drug-likeness (QED) is 0.484. The van der Waals surface area contributed by atoms with Crippen LogP contribution >= 0.6 is 11.6 Å². The molecule has 2 heterocycles. The Balaban J connectivity index is 1.92. The highest BCUT2D eigenvalue weighted by molar-refractivity contribution is 6.30. The summed E-state index contributed by atoms with van der Waals surface area (Å²) in [6.07, 6.45) is -6.19. The average Bonchev–Trinajstić information content (AvgIpc) is 3.20. The minimum atomic E-state index is -4.45. The summed E-state index contributed by atoms with van der Waals surface area (Å²) in [5.74, 6) is -2.60. The third-order valence-corrected chi connectivity index (χ3v) is 7.03. The van der Waals surface area contributed by atoms with Crippen molar-refractivity contribution in [1.82, 2.24) is 18.7 Å². The van der Waals surface area contributed by atoms with Crippen LogP contribution in [-0.2, 0) is 25.8 Å². The fraction of sp³-hybridized carbons (Fsp3) is 0.522. The van der Waals surface area contributed by atoms with Gasteiger partial charge in [0, 0.05) is 26.7 Å². The molecule has 2 aromatic heterocycles. The molecule has 36 heavy (non-hydrogen) atoms. The minimum Gasteiger partial charge on any atom is -0.396 e. The third-order valence-electron chi connectivity index (χ3n) is 6.74. The molecule has 1 saturated carbocycles. The van der Waals surface area contributed by atoms with Crippen LogP contribution < -0.4 is 11.2 Å². The van der Waals surface area contributed by atoms with E-state index >= 15 is 4.39 Å². The maximum Gasteiger partial charge on any atom is 0.391 e. The Bertz CT molecular complexity index is 1400. The Morgan fingerprint density at radius 3 is 2.44 bits per heavy atom. The van der Waals surface area contributed by atoms with Crippen LogP contribution in [0, 0.1) is 11.7 Å². The van der Waals surface area contributed by atoms with E-state index in [-0.39, 0.29) is 48.1 Å². The summed E-state index contributed by atoms with van der Waals surface area (Å²) >= 11 is 5.89. The number of aliphatic hydroxyl groups is 1. The topological polar surface area (TPSA) is 82.0 Å². The number of aromatic nitrogens is 4. The molecule has 7 nitrogen and oxygen atoms in total. The van der Waals surface area contributed by atoms with Crippen molar-refractivity contribution >= 4 is 22.8 Å². The lowest BCUT2D eigenvalue weighted by Crippen LogP contribution is -2.40. The van der Waals surface area contributed by atoms with Gasteiger partial charge in [-0.1, -0.05) is 17.7 Å². The SMILES string of the molecule is Cn1c(=O)n(CCCO)c(=O)c2c1nc(C1(F)CCC(C(F)(F)F)CC1)n2Cc1ccc(F)c(Cl)c1. The smallest absolute Gasteiger partial charge is 0.391 e. The summed E-state index contributed by atoms with van der Waals surface area (Å²) in [7, 11) is 1.35. The van der Waals surface area contributed by atoms with E-state index < -0.39 is 60.5 Å². The number of alkyl halides is 4. The molecule has 0 saturated heterocycles. The molecular formula is C23H24ClF5N4O3. The van der Waals surface area contributed by atoms with Crippen LogP contribution in [0.2, 0.25) is 5.02 Å². The molecular weight excluding hydrogens is 511 g/mol. The monoisotopic (exact) mass is 534 g/mol. The van der Waals surface area contributed by atoms with E-state index in [0.29, 0.717) is 5.56 Å². The van der Waals surface area contributed by atoms with Crippen molar-refractivity contribution in [3.05, 3.63) is 61.3 Å². The van der Waals surface area contributed by atoms with E-state index in [0.717, 1.165) is 15.2 Å². The second-order valence-corrected chi connectivity index (χ2v) is 9.51. The summed E-state index contributed by atoms with van der Waals surface area (Å²) < 4.78 is 72.9. The summed E-state index contributed by atoms with van der Waals surface area (Å²) in [6.45, 7) is -0.567. The molecule has 0 unspecified atom stereocenters.